The molecule has 0 saturated carbocycles. The predicted molar refractivity (Wildman–Crippen MR) is 119 cm³/mol. The van der Waals surface area contributed by atoms with Gasteiger partial charge in [0.25, 0.3) is 0 Å². The Hall–Kier alpha value is -2.91. The fourth-order valence-electron chi connectivity index (χ4n) is 3.70. The van der Waals surface area contributed by atoms with Crippen LogP contribution in [-0.2, 0) is 11.2 Å². The summed E-state index contributed by atoms with van der Waals surface area (Å²) in [5, 5.41) is 18.0. The van der Waals surface area contributed by atoms with E-state index in [0.29, 0.717) is 9.54 Å². The lowest BCUT2D eigenvalue weighted by Crippen LogP contribution is -2.15. The van der Waals surface area contributed by atoms with Crippen LogP contribution < -0.4 is 10.1 Å². The van der Waals surface area contributed by atoms with Crippen LogP contribution in [0.2, 0.25) is 0 Å². The molecule has 0 aliphatic heterocycles. The second-order valence-electron chi connectivity index (χ2n) is 7.05. The smallest absolute Gasteiger partial charge is 0.303 e. The minimum absolute atomic E-state index is 0.0344. The van der Waals surface area contributed by atoms with Crippen LogP contribution in [0.5, 0.6) is 5.75 Å². The van der Waals surface area contributed by atoms with Crippen molar-refractivity contribution in [1.29, 1.82) is 0 Å². The van der Waals surface area contributed by atoms with E-state index in [1.165, 1.54) is 0 Å². The third kappa shape index (κ3) is 4.47. The fraction of sp³-hybridized carbons (Fsp3) is 0.238. The van der Waals surface area contributed by atoms with Crippen LogP contribution in [0.4, 0.5) is 5.69 Å². The van der Waals surface area contributed by atoms with Crippen LogP contribution in [0, 0.1) is 16.0 Å². The largest absolute Gasteiger partial charge is 0.481 e. The van der Waals surface area contributed by atoms with Gasteiger partial charge < -0.3 is 15.2 Å². The Morgan fingerprint density at radius 1 is 1.20 bits per heavy atom. The molecule has 30 heavy (non-hydrogen) atoms. The number of fused-ring (bicyclic) bond motifs is 1. The summed E-state index contributed by atoms with van der Waals surface area (Å²) in [5.74, 6) is -0.0607. The highest BCUT2D eigenvalue weighted by molar-refractivity contribution is 7.72. The monoisotopic (exact) mass is 441 g/mol. The summed E-state index contributed by atoms with van der Waals surface area (Å²) >= 11 is 10.5. The van der Waals surface area contributed by atoms with E-state index in [2.05, 4.69) is 21.9 Å². The summed E-state index contributed by atoms with van der Waals surface area (Å²) < 4.78 is 8.61. The average Bonchev–Trinajstić information content (AvgIpc) is 3.06. The molecule has 4 rings (SSSR count). The van der Waals surface area contributed by atoms with E-state index in [1.807, 2.05) is 42.5 Å². The molecule has 1 heterocycles. The molecule has 1 aliphatic rings. The van der Waals surface area contributed by atoms with Crippen LogP contribution >= 0.6 is 24.4 Å². The number of hydrogen-bond acceptors (Lipinski definition) is 5. The first-order valence-electron chi connectivity index (χ1n) is 9.56. The van der Waals surface area contributed by atoms with E-state index >= 15 is 0 Å². The normalized spacial score (nSPS) is 15.4. The molecule has 1 aromatic heterocycles. The van der Waals surface area contributed by atoms with Gasteiger partial charge in [0.05, 0.1) is 12.1 Å². The number of carboxylic acid groups (broad SMARTS) is 1. The zero-order valence-electron chi connectivity index (χ0n) is 16.1. The molecule has 0 bridgehead atoms. The number of carboxylic acids is 1. The Morgan fingerprint density at radius 3 is 2.77 bits per heavy atom. The van der Waals surface area contributed by atoms with Gasteiger partial charge in [-0.1, -0.05) is 12.1 Å². The maximum atomic E-state index is 11.1. The van der Waals surface area contributed by atoms with Crippen molar-refractivity contribution in [2.45, 2.75) is 25.2 Å². The molecular weight excluding hydrogens is 420 g/mol. The van der Waals surface area contributed by atoms with Gasteiger partial charge in [0.1, 0.15) is 5.75 Å². The van der Waals surface area contributed by atoms with Crippen molar-refractivity contribution in [3.05, 3.63) is 69.6 Å². The molecule has 4 N–H and O–H groups in total. The Labute approximate surface area is 183 Å². The molecule has 2 aromatic carbocycles. The van der Waals surface area contributed by atoms with Crippen LogP contribution in [-0.4, -0.2) is 32.6 Å². The number of hydrogen-bond donors (Lipinski definition) is 4. The van der Waals surface area contributed by atoms with Crippen molar-refractivity contribution >= 4 is 36.1 Å². The van der Waals surface area contributed by atoms with Gasteiger partial charge in [-0.05, 0) is 91.1 Å². The molecule has 7 nitrogen and oxygen atoms in total. The number of aromatic nitrogens is 3. The maximum absolute atomic E-state index is 11.1. The molecule has 0 spiro atoms. The summed E-state index contributed by atoms with van der Waals surface area (Å²) in [6, 6.07) is 13.6. The Bertz CT molecular complexity index is 1150. The van der Waals surface area contributed by atoms with E-state index in [-0.39, 0.29) is 19.1 Å². The number of aryl methyl sites for hydroxylation is 1. The first-order chi connectivity index (χ1) is 14.5. The molecule has 155 valence electrons. The number of ether oxygens (including phenoxy) is 1. The SMILES string of the molecule is O=C(O)CC1[CH]CCc2cc(OCNc3cccc(-n4c(=S)[nH][nH]c4=S)c3)ccc21. The second kappa shape index (κ2) is 8.85. The molecular formula is C21H21N4O3S2. The average molecular weight is 442 g/mol. The number of carbonyl (C=O) groups is 1. The molecule has 9 heteroatoms. The molecule has 0 amide bonds. The number of anilines is 1. The van der Waals surface area contributed by atoms with Crippen LogP contribution in [0.1, 0.15) is 29.9 Å². The molecule has 3 aromatic rings. The number of aromatic amines is 2. The number of aliphatic carboxylic acids is 1. The van der Waals surface area contributed by atoms with Gasteiger partial charge in [-0.3, -0.25) is 19.6 Å². The predicted octanol–water partition coefficient (Wildman–Crippen LogP) is 4.75. The second-order valence-corrected chi connectivity index (χ2v) is 7.82. The number of nitrogens with zero attached hydrogens (tertiary/aromatic N) is 1. The molecule has 1 radical (unpaired) electrons. The van der Waals surface area contributed by atoms with Crippen LogP contribution in [0.15, 0.2) is 42.5 Å². The Morgan fingerprint density at radius 2 is 2.00 bits per heavy atom. The van der Waals surface area contributed by atoms with E-state index in [9.17, 15) is 4.79 Å². The van der Waals surface area contributed by atoms with Crippen molar-refractivity contribution in [3.63, 3.8) is 0 Å². The highest BCUT2D eigenvalue weighted by atomic mass is 32.1. The first kappa shape index (κ1) is 20.4. The van der Waals surface area contributed by atoms with Gasteiger partial charge in [0, 0.05) is 5.69 Å². The van der Waals surface area contributed by atoms with Crippen molar-refractivity contribution in [3.8, 4) is 11.4 Å². The van der Waals surface area contributed by atoms with Gasteiger partial charge in [-0.2, -0.15) is 0 Å². The van der Waals surface area contributed by atoms with Gasteiger partial charge in [0.15, 0.2) is 16.3 Å². The van der Waals surface area contributed by atoms with Gasteiger partial charge in [0.2, 0.25) is 0 Å². The zero-order chi connectivity index (χ0) is 21.1. The first-order valence-corrected chi connectivity index (χ1v) is 10.4. The minimum Gasteiger partial charge on any atom is -0.481 e. The molecule has 1 atom stereocenters. The van der Waals surface area contributed by atoms with E-state index in [0.717, 1.165) is 41.1 Å². The topological polar surface area (TPSA) is 95.1 Å². The summed E-state index contributed by atoms with van der Waals surface area (Å²) in [5.41, 5.74) is 3.96. The highest BCUT2D eigenvalue weighted by Gasteiger charge is 2.23. The van der Waals surface area contributed by atoms with Crippen molar-refractivity contribution in [2.75, 3.05) is 12.0 Å². The van der Waals surface area contributed by atoms with E-state index < -0.39 is 5.97 Å². The lowest BCUT2D eigenvalue weighted by Gasteiger charge is -2.24. The number of nitrogens with one attached hydrogen (secondary N) is 3. The van der Waals surface area contributed by atoms with Gasteiger partial charge in [-0.15, -0.1) is 0 Å². The Balaban J connectivity index is 1.42. The summed E-state index contributed by atoms with van der Waals surface area (Å²) in [4.78, 5) is 11.1. The van der Waals surface area contributed by atoms with E-state index in [1.54, 1.807) is 4.57 Å². The summed E-state index contributed by atoms with van der Waals surface area (Å²) in [7, 11) is 0. The third-order valence-corrected chi connectivity index (χ3v) is 5.64. The molecule has 1 aliphatic carbocycles. The Kier molecular flexibility index (Phi) is 6.01. The summed E-state index contributed by atoms with van der Waals surface area (Å²) in [6.45, 7) is 0.290. The van der Waals surface area contributed by atoms with Crippen LogP contribution in [0.3, 0.4) is 0 Å². The van der Waals surface area contributed by atoms with Gasteiger partial charge >= 0.3 is 5.97 Å². The lowest BCUT2D eigenvalue weighted by atomic mass is 9.81. The van der Waals surface area contributed by atoms with Crippen LogP contribution in [0.25, 0.3) is 5.69 Å². The van der Waals surface area contributed by atoms with Crippen molar-refractivity contribution in [2.24, 2.45) is 0 Å². The molecule has 0 fully saturated rings. The quantitative estimate of drug-likeness (QED) is 0.312. The third-order valence-electron chi connectivity index (χ3n) is 5.08. The maximum Gasteiger partial charge on any atom is 0.303 e. The minimum atomic E-state index is -0.780. The van der Waals surface area contributed by atoms with Gasteiger partial charge in [-0.25, -0.2) is 0 Å². The fourth-order valence-corrected chi connectivity index (χ4v) is 4.25. The number of benzene rings is 2. The van der Waals surface area contributed by atoms with Crippen molar-refractivity contribution < 1.29 is 14.6 Å². The lowest BCUT2D eigenvalue weighted by molar-refractivity contribution is -0.137. The van der Waals surface area contributed by atoms with Crippen molar-refractivity contribution in [1.82, 2.24) is 14.8 Å². The molecule has 1 unspecified atom stereocenters. The molecule has 0 saturated heterocycles. The standard InChI is InChI=1S/C21H21N4O3S2/c26-19(27)10-14-4-1-3-13-9-17(7-8-18(13)14)28-12-22-15-5-2-6-16(11-15)25-20(29)23-24-21(25)30/h2,4-9,11,14,22H,1,3,10,12H2,(H,23,29)(H,24,30)(H,26,27). The van der Waals surface area contributed by atoms with E-state index in [4.69, 9.17) is 34.3 Å². The highest BCUT2D eigenvalue weighted by Crippen LogP contribution is 2.35. The number of H-pyrrole nitrogens is 2. The number of rotatable bonds is 7. The zero-order valence-corrected chi connectivity index (χ0v) is 17.7. The summed E-state index contributed by atoms with van der Waals surface area (Å²) in [6.07, 6.45) is 3.99.